The second-order valence-corrected chi connectivity index (χ2v) is 8.06. The average Bonchev–Trinajstić information content (AvgIpc) is 3.14. The summed E-state index contributed by atoms with van der Waals surface area (Å²) in [5, 5.41) is 0. The molecule has 2 aliphatic heterocycles. The van der Waals surface area contributed by atoms with Crippen molar-refractivity contribution in [2.45, 2.75) is 89.6 Å². The predicted molar refractivity (Wildman–Crippen MR) is 111 cm³/mol. The molecule has 2 aliphatic rings. The second-order valence-electron chi connectivity index (χ2n) is 8.06. The molecule has 0 N–H and O–H groups in total. The van der Waals surface area contributed by atoms with E-state index in [1.807, 2.05) is 6.07 Å². The lowest BCUT2D eigenvalue weighted by Gasteiger charge is -2.27. The number of aryl methyl sites for hydroxylation is 1. The van der Waals surface area contributed by atoms with Crippen molar-refractivity contribution in [3.8, 4) is 11.5 Å². The van der Waals surface area contributed by atoms with E-state index in [2.05, 4.69) is 18.7 Å². The Kier molecular flexibility index (Phi) is 8.25. The highest BCUT2D eigenvalue weighted by Crippen LogP contribution is 2.33. The fraction of sp³-hybridized carbons (Fsp3) is 0.625. The average molecular weight is 387 g/mol. The first-order valence-electron chi connectivity index (χ1n) is 11.0. The first-order chi connectivity index (χ1) is 13.7. The smallest absolute Gasteiger partial charge is 0.310 e. The maximum Gasteiger partial charge on any atom is 0.310 e. The van der Waals surface area contributed by atoms with E-state index in [1.165, 1.54) is 69.8 Å². The van der Waals surface area contributed by atoms with Crippen LogP contribution in [0.25, 0.3) is 0 Å². The van der Waals surface area contributed by atoms with E-state index in [9.17, 15) is 4.79 Å². The number of unbranched alkanes of at least 4 members (excludes halogenated alkanes) is 9. The molecule has 3 rings (SSSR count). The van der Waals surface area contributed by atoms with E-state index in [-0.39, 0.29) is 12.1 Å². The minimum atomic E-state index is -0.0842. The van der Waals surface area contributed by atoms with Gasteiger partial charge < -0.3 is 14.2 Å². The summed E-state index contributed by atoms with van der Waals surface area (Å²) in [6.07, 6.45) is 15.7. The number of carbonyl (C=O) groups excluding carboxylic acids is 1. The maximum absolute atomic E-state index is 10.8. The summed E-state index contributed by atoms with van der Waals surface area (Å²) in [6, 6.07) is 6.30. The summed E-state index contributed by atoms with van der Waals surface area (Å²) < 4.78 is 15.8. The largest absolute Gasteiger partial charge is 0.457 e. The molecule has 154 valence electrons. The number of hydrogen-bond acceptors (Lipinski definition) is 4. The molecular weight excluding hydrogens is 352 g/mol. The van der Waals surface area contributed by atoms with E-state index in [0.717, 1.165) is 29.9 Å². The number of rotatable bonds is 14. The Hall–Kier alpha value is -1.97. The molecule has 0 spiro atoms. The number of hydrogen-bond donors (Lipinski definition) is 0. The standard InChI is InChI=1S/C24H34O4/c1-19(22-17-24(25)28-22)12-10-8-6-4-2-3-5-7-9-11-13-20-14-15-21-23(16-20)27-18-26-21/h14-16,22H,1-13,17-18H2. The number of ether oxygens (including phenoxy) is 3. The van der Waals surface area contributed by atoms with Gasteiger partial charge in [-0.15, -0.1) is 0 Å². The first-order valence-corrected chi connectivity index (χ1v) is 11.0. The molecule has 1 atom stereocenters. The zero-order chi connectivity index (χ0) is 19.6. The van der Waals surface area contributed by atoms with Crippen molar-refractivity contribution in [3.05, 3.63) is 35.9 Å². The lowest BCUT2D eigenvalue weighted by molar-refractivity contribution is -0.165. The quantitative estimate of drug-likeness (QED) is 0.219. The van der Waals surface area contributed by atoms with Crippen molar-refractivity contribution in [1.82, 2.24) is 0 Å². The van der Waals surface area contributed by atoms with Gasteiger partial charge in [-0.3, -0.25) is 4.79 Å². The zero-order valence-electron chi connectivity index (χ0n) is 17.0. The third-order valence-corrected chi connectivity index (χ3v) is 5.73. The Morgan fingerprint density at radius 1 is 0.893 bits per heavy atom. The van der Waals surface area contributed by atoms with E-state index in [1.54, 1.807) is 0 Å². The third-order valence-electron chi connectivity index (χ3n) is 5.73. The summed E-state index contributed by atoms with van der Waals surface area (Å²) in [5.41, 5.74) is 2.45. The molecule has 4 heteroatoms. The van der Waals surface area contributed by atoms with Gasteiger partial charge in [0.25, 0.3) is 0 Å². The van der Waals surface area contributed by atoms with Crippen LogP contribution in [0.2, 0.25) is 0 Å². The molecule has 4 nitrogen and oxygen atoms in total. The first kappa shape index (κ1) is 20.8. The normalized spacial score (nSPS) is 17.3. The van der Waals surface area contributed by atoms with Gasteiger partial charge in [-0.05, 0) is 49.0 Å². The van der Waals surface area contributed by atoms with Gasteiger partial charge in [0.1, 0.15) is 6.10 Å². The summed E-state index contributed by atoms with van der Waals surface area (Å²) in [4.78, 5) is 10.8. The topological polar surface area (TPSA) is 44.8 Å². The molecule has 2 heterocycles. The van der Waals surface area contributed by atoms with Gasteiger partial charge in [0.15, 0.2) is 11.5 Å². The van der Waals surface area contributed by atoms with Gasteiger partial charge in [-0.1, -0.05) is 64.0 Å². The second kappa shape index (κ2) is 11.1. The Balaban J connectivity index is 1.08. The van der Waals surface area contributed by atoms with Gasteiger partial charge in [-0.2, -0.15) is 0 Å². The SMILES string of the molecule is C=C(CCCCCCCCCCCCc1ccc2c(c1)OCO2)C1CC(=O)O1. The molecule has 1 aromatic carbocycles. The van der Waals surface area contributed by atoms with Crippen LogP contribution in [0, 0.1) is 0 Å². The lowest BCUT2D eigenvalue weighted by Crippen LogP contribution is -2.33. The van der Waals surface area contributed by atoms with Crippen LogP contribution in [0.4, 0.5) is 0 Å². The summed E-state index contributed by atoms with van der Waals surface area (Å²) in [7, 11) is 0. The Bertz CT molecular complexity index is 644. The molecule has 0 radical (unpaired) electrons. The Morgan fingerprint density at radius 2 is 1.50 bits per heavy atom. The van der Waals surface area contributed by atoms with E-state index in [0.29, 0.717) is 13.2 Å². The molecule has 1 fully saturated rings. The molecular formula is C24H34O4. The summed E-state index contributed by atoms with van der Waals surface area (Å²) in [6.45, 7) is 4.39. The van der Waals surface area contributed by atoms with Crippen LogP contribution in [0.1, 0.15) is 82.6 Å². The van der Waals surface area contributed by atoms with Crippen molar-refractivity contribution in [2.24, 2.45) is 0 Å². The summed E-state index contributed by atoms with van der Waals surface area (Å²) >= 11 is 0. The summed E-state index contributed by atoms with van der Waals surface area (Å²) in [5.74, 6) is 1.69. The fourth-order valence-electron chi connectivity index (χ4n) is 3.88. The van der Waals surface area contributed by atoms with Crippen LogP contribution in [0.5, 0.6) is 11.5 Å². The van der Waals surface area contributed by atoms with Crippen LogP contribution >= 0.6 is 0 Å². The molecule has 28 heavy (non-hydrogen) atoms. The number of esters is 1. The molecule has 1 aromatic rings. The number of benzene rings is 1. The Labute approximate surface area is 169 Å². The van der Waals surface area contributed by atoms with Gasteiger partial charge in [-0.25, -0.2) is 0 Å². The van der Waals surface area contributed by atoms with Crippen molar-refractivity contribution < 1.29 is 19.0 Å². The van der Waals surface area contributed by atoms with E-state index >= 15 is 0 Å². The van der Waals surface area contributed by atoms with Gasteiger partial charge in [0, 0.05) is 0 Å². The molecule has 0 saturated carbocycles. The molecule has 0 aliphatic carbocycles. The highest BCUT2D eigenvalue weighted by atomic mass is 16.7. The molecule has 0 amide bonds. The van der Waals surface area contributed by atoms with Crippen molar-refractivity contribution in [2.75, 3.05) is 6.79 Å². The minimum absolute atomic E-state index is 0.0116. The van der Waals surface area contributed by atoms with Crippen LogP contribution in [-0.2, 0) is 16.0 Å². The minimum Gasteiger partial charge on any atom is -0.457 e. The third kappa shape index (κ3) is 6.57. The van der Waals surface area contributed by atoms with Gasteiger partial charge in [0.05, 0.1) is 6.42 Å². The van der Waals surface area contributed by atoms with Crippen LogP contribution < -0.4 is 9.47 Å². The van der Waals surface area contributed by atoms with Crippen LogP contribution in [0.3, 0.4) is 0 Å². The molecule has 1 saturated heterocycles. The lowest BCUT2D eigenvalue weighted by atomic mass is 9.98. The number of cyclic esters (lactones) is 1. The molecule has 1 unspecified atom stereocenters. The van der Waals surface area contributed by atoms with Gasteiger partial charge in [0.2, 0.25) is 6.79 Å². The van der Waals surface area contributed by atoms with Crippen molar-refractivity contribution >= 4 is 5.97 Å². The Morgan fingerprint density at radius 3 is 2.18 bits per heavy atom. The number of carbonyl (C=O) groups is 1. The highest BCUT2D eigenvalue weighted by Gasteiger charge is 2.30. The number of fused-ring (bicyclic) bond motifs is 1. The molecule has 0 bridgehead atoms. The highest BCUT2D eigenvalue weighted by molar-refractivity contribution is 5.76. The maximum atomic E-state index is 10.8. The van der Waals surface area contributed by atoms with E-state index in [4.69, 9.17) is 14.2 Å². The van der Waals surface area contributed by atoms with Crippen LogP contribution in [-0.4, -0.2) is 18.9 Å². The monoisotopic (exact) mass is 386 g/mol. The van der Waals surface area contributed by atoms with E-state index < -0.39 is 0 Å². The van der Waals surface area contributed by atoms with Crippen molar-refractivity contribution in [3.63, 3.8) is 0 Å². The predicted octanol–water partition coefficient (Wildman–Crippen LogP) is 6.12. The fourth-order valence-corrected chi connectivity index (χ4v) is 3.88. The van der Waals surface area contributed by atoms with Gasteiger partial charge >= 0.3 is 5.97 Å². The van der Waals surface area contributed by atoms with Crippen LogP contribution in [0.15, 0.2) is 30.4 Å². The zero-order valence-corrected chi connectivity index (χ0v) is 17.0. The molecule has 0 aromatic heterocycles. The van der Waals surface area contributed by atoms with Crippen molar-refractivity contribution in [1.29, 1.82) is 0 Å².